The van der Waals surface area contributed by atoms with Gasteiger partial charge in [0, 0.05) is 19.5 Å². The van der Waals surface area contributed by atoms with E-state index in [0.29, 0.717) is 24.0 Å². The average molecular weight is 252 g/mol. The molecule has 1 amide bonds. The van der Waals surface area contributed by atoms with Crippen molar-refractivity contribution in [2.75, 3.05) is 25.5 Å². The van der Waals surface area contributed by atoms with Crippen molar-refractivity contribution in [2.24, 2.45) is 13.0 Å². The summed E-state index contributed by atoms with van der Waals surface area (Å²) in [7, 11) is 3.36. The predicted octanol–water partition coefficient (Wildman–Crippen LogP) is 0.757. The molecule has 1 saturated heterocycles. The molecule has 6 nitrogen and oxygen atoms in total. The first-order chi connectivity index (χ1) is 8.69. The van der Waals surface area contributed by atoms with E-state index in [1.165, 1.54) is 6.42 Å². The third-order valence-corrected chi connectivity index (χ3v) is 3.26. The van der Waals surface area contributed by atoms with Crippen LogP contribution < -0.4 is 15.4 Å². The largest absolute Gasteiger partial charge is 0.481 e. The molecule has 1 aliphatic rings. The maximum absolute atomic E-state index is 11.8. The van der Waals surface area contributed by atoms with Gasteiger partial charge in [0.15, 0.2) is 5.82 Å². The summed E-state index contributed by atoms with van der Waals surface area (Å²) in [5, 5.41) is 10.2. The van der Waals surface area contributed by atoms with Gasteiger partial charge < -0.3 is 15.4 Å². The van der Waals surface area contributed by atoms with Crippen LogP contribution in [0.1, 0.15) is 19.3 Å². The van der Waals surface area contributed by atoms with E-state index in [0.717, 1.165) is 19.5 Å². The molecule has 1 unspecified atom stereocenters. The minimum Gasteiger partial charge on any atom is -0.481 e. The quantitative estimate of drug-likeness (QED) is 0.811. The second-order valence-electron chi connectivity index (χ2n) is 4.64. The normalized spacial score (nSPS) is 18.9. The van der Waals surface area contributed by atoms with E-state index in [2.05, 4.69) is 15.7 Å². The summed E-state index contributed by atoms with van der Waals surface area (Å²) in [6.07, 6.45) is 2.65. The van der Waals surface area contributed by atoms with Gasteiger partial charge in [-0.2, -0.15) is 5.10 Å². The molecule has 1 aromatic rings. The Morgan fingerprint density at radius 3 is 3.17 bits per heavy atom. The molecule has 2 rings (SSSR count). The fraction of sp³-hybridized carbons (Fsp3) is 0.667. The summed E-state index contributed by atoms with van der Waals surface area (Å²) < 4.78 is 6.68. The average Bonchev–Trinajstić information content (AvgIpc) is 2.96. The van der Waals surface area contributed by atoms with Gasteiger partial charge in [-0.05, 0) is 31.8 Å². The molecule has 1 aliphatic heterocycles. The van der Waals surface area contributed by atoms with Gasteiger partial charge in [0.25, 0.3) is 0 Å². The monoisotopic (exact) mass is 252 g/mol. The number of hydrogen-bond acceptors (Lipinski definition) is 4. The fourth-order valence-corrected chi connectivity index (χ4v) is 2.20. The van der Waals surface area contributed by atoms with Crippen LogP contribution in [0.25, 0.3) is 0 Å². The molecule has 0 saturated carbocycles. The first-order valence-corrected chi connectivity index (χ1v) is 6.27. The van der Waals surface area contributed by atoms with E-state index in [1.54, 1.807) is 24.9 Å². The number of carbonyl (C=O) groups excluding carboxylic acids is 1. The third-order valence-electron chi connectivity index (χ3n) is 3.26. The van der Waals surface area contributed by atoms with Crippen molar-refractivity contribution in [3.8, 4) is 5.88 Å². The van der Waals surface area contributed by atoms with Crippen molar-refractivity contribution in [1.29, 1.82) is 0 Å². The molecule has 1 fully saturated rings. The van der Waals surface area contributed by atoms with Gasteiger partial charge in [-0.3, -0.25) is 4.79 Å². The summed E-state index contributed by atoms with van der Waals surface area (Å²) >= 11 is 0. The van der Waals surface area contributed by atoms with Crippen LogP contribution in [0.5, 0.6) is 5.88 Å². The Kier molecular flexibility index (Phi) is 4.19. The van der Waals surface area contributed by atoms with E-state index in [4.69, 9.17) is 4.74 Å². The maximum atomic E-state index is 11.8. The van der Waals surface area contributed by atoms with Crippen molar-refractivity contribution in [3.05, 3.63) is 6.07 Å². The van der Waals surface area contributed by atoms with Crippen molar-refractivity contribution in [1.82, 2.24) is 15.1 Å². The number of nitrogens with zero attached hydrogens (tertiary/aromatic N) is 2. The lowest BCUT2D eigenvalue weighted by Gasteiger charge is -2.06. The number of aryl methyl sites for hydroxylation is 1. The molecule has 2 N–H and O–H groups in total. The molecule has 6 heteroatoms. The molecule has 0 aliphatic carbocycles. The summed E-state index contributed by atoms with van der Waals surface area (Å²) in [6.45, 7) is 2.11. The van der Waals surface area contributed by atoms with Crippen LogP contribution in [-0.2, 0) is 11.8 Å². The lowest BCUT2D eigenvalue weighted by Crippen LogP contribution is -2.15. The van der Waals surface area contributed by atoms with Crippen LogP contribution in [0.15, 0.2) is 6.07 Å². The number of rotatable bonds is 5. The molecule has 0 radical (unpaired) electrons. The summed E-state index contributed by atoms with van der Waals surface area (Å²) in [5.74, 6) is 1.82. The van der Waals surface area contributed by atoms with E-state index in [1.807, 2.05) is 0 Å². The van der Waals surface area contributed by atoms with Crippen molar-refractivity contribution in [2.45, 2.75) is 19.3 Å². The van der Waals surface area contributed by atoms with E-state index >= 15 is 0 Å². The Labute approximate surface area is 107 Å². The predicted molar refractivity (Wildman–Crippen MR) is 68.6 cm³/mol. The highest BCUT2D eigenvalue weighted by molar-refractivity contribution is 5.89. The van der Waals surface area contributed by atoms with Crippen molar-refractivity contribution < 1.29 is 9.53 Å². The van der Waals surface area contributed by atoms with Crippen LogP contribution in [0.2, 0.25) is 0 Å². The number of anilines is 1. The summed E-state index contributed by atoms with van der Waals surface area (Å²) in [5.41, 5.74) is 0. The van der Waals surface area contributed by atoms with E-state index in [9.17, 15) is 4.79 Å². The summed E-state index contributed by atoms with van der Waals surface area (Å²) in [6, 6.07) is 1.72. The number of aromatic nitrogens is 2. The number of amides is 1. The molecular formula is C12H20N4O2. The molecule has 2 heterocycles. The molecule has 0 aromatic carbocycles. The lowest BCUT2D eigenvalue weighted by molar-refractivity contribution is -0.116. The van der Waals surface area contributed by atoms with Crippen LogP contribution in [0.3, 0.4) is 0 Å². The molecule has 1 aromatic heterocycles. The van der Waals surface area contributed by atoms with Gasteiger partial charge >= 0.3 is 0 Å². The van der Waals surface area contributed by atoms with Crippen LogP contribution in [0.4, 0.5) is 5.82 Å². The molecule has 100 valence electrons. The number of methoxy groups -OCH3 is 1. The van der Waals surface area contributed by atoms with Gasteiger partial charge in [0.2, 0.25) is 11.8 Å². The Balaban J connectivity index is 1.79. The highest BCUT2D eigenvalue weighted by atomic mass is 16.5. The van der Waals surface area contributed by atoms with Crippen molar-refractivity contribution in [3.63, 3.8) is 0 Å². The van der Waals surface area contributed by atoms with Crippen LogP contribution in [0, 0.1) is 5.92 Å². The third kappa shape index (κ3) is 3.22. The second kappa shape index (κ2) is 5.86. The fourth-order valence-electron chi connectivity index (χ4n) is 2.20. The van der Waals surface area contributed by atoms with Crippen LogP contribution >= 0.6 is 0 Å². The van der Waals surface area contributed by atoms with Gasteiger partial charge in [0.05, 0.1) is 7.11 Å². The SMILES string of the molecule is COc1cc(NC(=O)CCC2CCNC2)nn1C. The molecule has 18 heavy (non-hydrogen) atoms. The van der Waals surface area contributed by atoms with E-state index < -0.39 is 0 Å². The molecule has 0 spiro atoms. The molecular weight excluding hydrogens is 232 g/mol. The minimum atomic E-state index is 0.0163. The van der Waals surface area contributed by atoms with Crippen LogP contribution in [-0.4, -0.2) is 35.9 Å². The highest BCUT2D eigenvalue weighted by Gasteiger charge is 2.16. The Morgan fingerprint density at radius 2 is 2.56 bits per heavy atom. The highest BCUT2D eigenvalue weighted by Crippen LogP contribution is 2.17. The maximum Gasteiger partial charge on any atom is 0.225 e. The zero-order valence-corrected chi connectivity index (χ0v) is 10.9. The van der Waals surface area contributed by atoms with Gasteiger partial charge in [-0.1, -0.05) is 0 Å². The number of ether oxygens (including phenoxy) is 1. The second-order valence-corrected chi connectivity index (χ2v) is 4.64. The van der Waals surface area contributed by atoms with Gasteiger partial charge in [-0.25, -0.2) is 4.68 Å². The Bertz CT molecular complexity index is 410. The first kappa shape index (κ1) is 12.9. The zero-order valence-electron chi connectivity index (χ0n) is 10.9. The standard InChI is InChI=1S/C12H20N4O2/c1-16-12(18-2)7-10(15-16)14-11(17)4-3-9-5-6-13-8-9/h7,9,13H,3-6,8H2,1-2H3,(H,14,15,17). The topological polar surface area (TPSA) is 68.2 Å². The molecule has 0 bridgehead atoms. The smallest absolute Gasteiger partial charge is 0.225 e. The lowest BCUT2D eigenvalue weighted by atomic mass is 10.0. The molecule has 1 atom stereocenters. The Hall–Kier alpha value is -1.56. The minimum absolute atomic E-state index is 0.0163. The zero-order chi connectivity index (χ0) is 13.0. The van der Waals surface area contributed by atoms with Crippen molar-refractivity contribution >= 4 is 11.7 Å². The number of nitrogens with one attached hydrogen (secondary N) is 2. The van der Waals surface area contributed by atoms with Gasteiger partial charge in [-0.15, -0.1) is 0 Å². The van der Waals surface area contributed by atoms with Gasteiger partial charge in [0.1, 0.15) is 0 Å². The number of carbonyl (C=O) groups is 1. The van der Waals surface area contributed by atoms with E-state index in [-0.39, 0.29) is 5.91 Å². The summed E-state index contributed by atoms with van der Waals surface area (Å²) in [4.78, 5) is 11.8. The first-order valence-electron chi connectivity index (χ1n) is 6.27. The Morgan fingerprint density at radius 1 is 1.72 bits per heavy atom. The number of hydrogen-bond donors (Lipinski definition) is 2.